The normalized spacial score (nSPS) is 9.67. The van der Waals surface area contributed by atoms with Gasteiger partial charge in [0.05, 0.1) is 6.26 Å². The highest BCUT2D eigenvalue weighted by molar-refractivity contribution is 6.31. The first kappa shape index (κ1) is 8.17. The van der Waals surface area contributed by atoms with Gasteiger partial charge in [-0.2, -0.15) is 4.79 Å². The van der Waals surface area contributed by atoms with Crippen molar-refractivity contribution < 1.29 is 14.0 Å². The zero-order chi connectivity index (χ0) is 8.81. The second-order valence-electron chi connectivity index (χ2n) is 2.00. The molecule has 4 nitrogen and oxygen atoms in total. The highest BCUT2D eigenvalue weighted by Crippen LogP contribution is 2.01. The van der Waals surface area contributed by atoms with Crippen molar-refractivity contribution in [2.45, 2.75) is 0 Å². The Morgan fingerprint density at radius 3 is 3.08 bits per heavy atom. The molecule has 0 saturated heterocycles. The molecule has 0 N–H and O–H groups in total. The number of nitrogens with zero attached hydrogens (tertiary/aromatic N) is 2. The van der Waals surface area contributed by atoms with E-state index in [2.05, 4.69) is 4.79 Å². The van der Waals surface area contributed by atoms with Crippen LogP contribution in [0.3, 0.4) is 0 Å². The van der Waals surface area contributed by atoms with E-state index in [4.69, 9.17) is 9.95 Å². The Kier molecular flexibility index (Phi) is 2.76. The molecule has 0 unspecified atom stereocenters. The summed E-state index contributed by atoms with van der Waals surface area (Å²) in [5.41, 5.74) is 7.99. The summed E-state index contributed by atoms with van der Waals surface area (Å²) in [5, 5.41) is 0. The van der Waals surface area contributed by atoms with Gasteiger partial charge in [0, 0.05) is 0 Å². The largest absolute Gasteiger partial charge is 0.465 e. The number of rotatable bonds is 3. The first-order valence-corrected chi connectivity index (χ1v) is 3.26. The molecule has 0 aliphatic heterocycles. The van der Waals surface area contributed by atoms with Crippen molar-refractivity contribution in [1.29, 1.82) is 0 Å². The van der Waals surface area contributed by atoms with Crippen molar-refractivity contribution >= 4 is 18.1 Å². The summed E-state index contributed by atoms with van der Waals surface area (Å²) in [7, 11) is 0. The molecule has 0 saturated carbocycles. The Morgan fingerprint density at radius 2 is 2.50 bits per heavy atom. The minimum atomic E-state index is -0.395. The predicted molar refractivity (Wildman–Crippen MR) is 42.4 cm³/mol. The molecule has 0 fully saturated rings. The van der Waals surface area contributed by atoms with Crippen molar-refractivity contribution in [2.24, 2.45) is 0 Å². The first-order chi connectivity index (χ1) is 5.83. The molecule has 0 amide bonds. The topological polar surface area (TPSA) is 66.6 Å². The molecule has 0 aromatic carbocycles. The van der Waals surface area contributed by atoms with Gasteiger partial charge in [-0.1, -0.05) is 0 Å². The van der Waals surface area contributed by atoms with Crippen LogP contribution in [0.25, 0.3) is 11.6 Å². The van der Waals surface area contributed by atoms with Gasteiger partial charge < -0.3 is 9.95 Å². The molecule has 1 heterocycles. The quantitative estimate of drug-likeness (QED) is 0.289. The number of carbonyl (C=O) groups excluding carboxylic acids is 1. The van der Waals surface area contributed by atoms with Crippen molar-refractivity contribution in [3.05, 3.63) is 35.8 Å². The third-order valence-electron chi connectivity index (χ3n) is 1.14. The lowest BCUT2D eigenvalue weighted by atomic mass is 10.3. The van der Waals surface area contributed by atoms with Crippen LogP contribution in [0, 0.1) is 0 Å². The molecule has 12 heavy (non-hydrogen) atoms. The Morgan fingerprint density at radius 1 is 1.67 bits per heavy atom. The second kappa shape index (κ2) is 4.05. The molecule has 0 aliphatic rings. The molecular formula is C8H6N2O2. The van der Waals surface area contributed by atoms with E-state index in [1.54, 1.807) is 12.1 Å². The van der Waals surface area contributed by atoms with Gasteiger partial charge in [0.15, 0.2) is 0 Å². The van der Waals surface area contributed by atoms with Crippen LogP contribution in [-0.2, 0) is 4.79 Å². The Balaban J connectivity index is 2.62. The van der Waals surface area contributed by atoms with Crippen LogP contribution in [0.2, 0.25) is 0 Å². The average molecular weight is 162 g/mol. The van der Waals surface area contributed by atoms with Crippen LogP contribution < -0.4 is 0 Å². The van der Waals surface area contributed by atoms with Crippen LogP contribution in [0.5, 0.6) is 0 Å². The van der Waals surface area contributed by atoms with E-state index in [0.717, 1.165) is 6.21 Å². The highest BCUT2D eigenvalue weighted by Gasteiger charge is 1.95. The van der Waals surface area contributed by atoms with Crippen LogP contribution in [0.1, 0.15) is 5.76 Å². The maximum Gasteiger partial charge on any atom is 0.327 e. The molecule has 0 spiro atoms. The summed E-state index contributed by atoms with van der Waals surface area (Å²) in [6.45, 7) is 0. The summed E-state index contributed by atoms with van der Waals surface area (Å²) in [4.78, 5) is 13.3. The van der Waals surface area contributed by atoms with Crippen molar-refractivity contribution in [2.75, 3.05) is 0 Å². The lowest BCUT2D eigenvalue weighted by molar-refractivity contribution is -0.111. The second-order valence-corrected chi connectivity index (χ2v) is 2.00. The van der Waals surface area contributed by atoms with Gasteiger partial charge in [-0.05, 0) is 24.3 Å². The monoisotopic (exact) mass is 162 g/mol. The number of ketones is 1. The summed E-state index contributed by atoms with van der Waals surface area (Å²) in [5.74, 6) is 0.184. The fourth-order valence-corrected chi connectivity index (χ4v) is 0.650. The van der Waals surface area contributed by atoms with Crippen LogP contribution in [0.4, 0.5) is 0 Å². The summed E-state index contributed by atoms with van der Waals surface area (Å²) >= 11 is 0. The van der Waals surface area contributed by atoms with E-state index in [-0.39, 0.29) is 0 Å². The molecule has 0 bridgehead atoms. The van der Waals surface area contributed by atoms with Crippen LogP contribution in [-0.4, -0.2) is 16.8 Å². The summed E-state index contributed by atoms with van der Waals surface area (Å²) < 4.78 is 4.92. The molecule has 0 aliphatic carbocycles. The fraction of sp³-hybridized carbons (Fsp3) is 0. The van der Waals surface area contributed by atoms with E-state index < -0.39 is 5.78 Å². The third kappa shape index (κ3) is 2.36. The van der Waals surface area contributed by atoms with Crippen molar-refractivity contribution in [3.63, 3.8) is 0 Å². The highest BCUT2D eigenvalue weighted by atomic mass is 16.3. The molecule has 1 aromatic heterocycles. The van der Waals surface area contributed by atoms with Crippen LogP contribution >= 0.6 is 0 Å². The number of furan rings is 1. The van der Waals surface area contributed by atoms with Crippen molar-refractivity contribution in [3.8, 4) is 0 Å². The zero-order valence-corrected chi connectivity index (χ0v) is 6.18. The van der Waals surface area contributed by atoms with E-state index >= 15 is 0 Å². The maximum absolute atomic E-state index is 10.7. The summed E-state index contributed by atoms with van der Waals surface area (Å²) in [6, 6.07) is 3.42. The van der Waals surface area contributed by atoms with Crippen LogP contribution in [0.15, 0.2) is 28.9 Å². The number of carbonyl (C=O) groups is 1. The summed E-state index contributed by atoms with van der Waals surface area (Å²) in [6.07, 6.45) is 5.05. The molecule has 0 atom stereocenters. The van der Waals surface area contributed by atoms with Gasteiger partial charge in [0.2, 0.25) is 0 Å². The van der Waals surface area contributed by atoms with Gasteiger partial charge in [0.25, 0.3) is 5.78 Å². The number of hydrogen-bond acceptors (Lipinski definition) is 2. The molecule has 4 heteroatoms. The smallest absolute Gasteiger partial charge is 0.327 e. The lowest BCUT2D eigenvalue weighted by Crippen LogP contribution is -1.92. The van der Waals surface area contributed by atoms with E-state index in [9.17, 15) is 4.79 Å². The Bertz CT molecular complexity index is 332. The van der Waals surface area contributed by atoms with Gasteiger partial charge in [0.1, 0.15) is 5.76 Å². The zero-order valence-electron chi connectivity index (χ0n) is 6.18. The Labute approximate surface area is 68.7 Å². The average Bonchev–Trinajstić information content (AvgIpc) is 2.53. The minimum absolute atomic E-state index is 0.395. The maximum atomic E-state index is 10.7. The molecule has 60 valence electrons. The molecular weight excluding hydrogens is 156 g/mol. The Hall–Kier alpha value is -1.93. The lowest BCUT2D eigenvalue weighted by Gasteiger charge is -1.78. The van der Waals surface area contributed by atoms with Gasteiger partial charge in [-0.15, -0.1) is 0 Å². The van der Waals surface area contributed by atoms with E-state index in [0.29, 0.717) is 5.76 Å². The SMILES string of the molecule is [N-]=[N+]=CC(=O)/C=C/c1ccco1. The first-order valence-electron chi connectivity index (χ1n) is 3.26. The number of allylic oxidation sites excluding steroid dienone is 1. The molecule has 0 radical (unpaired) electrons. The van der Waals surface area contributed by atoms with E-state index in [1.807, 2.05) is 0 Å². The van der Waals surface area contributed by atoms with Gasteiger partial charge in [-0.25, -0.2) is 0 Å². The van der Waals surface area contributed by atoms with Gasteiger partial charge >= 0.3 is 6.21 Å². The van der Waals surface area contributed by atoms with E-state index in [1.165, 1.54) is 18.4 Å². The molecule has 1 aromatic rings. The third-order valence-corrected chi connectivity index (χ3v) is 1.14. The van der Waals surface area contributed by atoms with Gasteiger partial charge in [-0.3, -0.25) is 4.79 Å². The fourth-order valence-electron chi connectivity index (χ4n) is 0.650. The minimum Gasteiger partial charge on any atom is -0.465 e. The predicted octanol–water partition coefficient (Wildman–Crippen LogP) is 1.16. The standard InChI is InChI=1S/C8H6N2O2/c9-10-6-7(11)3-4-8-2-1-5-12-8/h1-6H/b4-3+. The van der Waals surface area contributed by atoms with Crippen molar-refractivity contribution in [1.82, 2.24) is 0 Å². The molecule has 1 rings (SSSR count). The number of hydrogen-bond donors (Lipinski definition) is 0.